The van der Waals surface area contributed by atoms with Crippen LogP contribution in [-0.2, 0) is 6.18 Å². The zero-order valence-corrected chi connectivity index (χ0v) is 19.7. The maximum atomic E-state index is 13.0. The monoisotopic (exact) mass is 529 g/mol. The fraction of sp³-hybridized carbons (Fsp3) is 0.208. The first-order valence-corrected chi connectivity index (χ1v) is 11.3. The van der Waals surface area contributed by atoms with Gasteiger partial charge in [0.1, 0.15) is 11.4 Å². The first-order chi connectivity index (χ1) is 18.0. The second kappa shape index (κ2) is 9.45. The molecule has 0 saturated carbocycles. The summed E-state index contributed by atoms with van der Waals surface area (Å²) in [5.74, 6) is -0.0178. The highest BCUT2D eigenvalue weighted by molar-refractivity contribution is 5.74. The van der Waals surface area contributed by atoms with Crippen LogP contribution in [0.25, 0.3) is 28.0 Å². The molecule has 0 aliphatic heterocycles. The van der Waals surface area contributed by atoms with Crippen molar-refractivity contribution in [1.29, 1.82) is 0 Å². The van der Waals surface area contributed by atoms with Gasteiger partial charge in [-0.2, -0.15) is 23.3 Å². The molecule has 0 bridgehead atoms. The third kappa shape index (κ3) is 4.77. The maximum absolute atomic E-state index is 13.0. The highest BCUT2D eigenvalue weighted by Crippen LogP contribution is 2.32. The minimum atomic E-state index is -4.58. The molecule has 0 fully saturated rings. The van der Waals surface area contributed by atoms with Gasteiger partial charge in [-0.15, -0.1) is 5.10 Å². The summed E-state index contributed by atoms with van der Waals surface area (Å²) in [7, 11) is 0. The molecule has 5 heterocycles. The lowest BCUT2D eigenvalue weighted by Crippen LogP contribution is -2.30. The van der Waals surface area contributed by atoms with Gasteiger partial charge in [0.15, 0.2) is 5.65 Å². The second-order valence-electron chi connectivity index (χ2n) is 8.63. The molecule has 5 aromatic heterocycles. The summed E-state index contributed by atoms with van der Waals surface area (Å²) >= 11 is 0. The third-order valence-electron chi connectivity index (χ3n) is 5.90. The molecule has 2 unspecified atom stereocenters. The van der Waals surface area contributed by atoms with Gasteiger partial charge in [0.05, 0.1) is 17.9 Å². The minimum absolute atomic E-state index is 0.0178. The number of halogens is 5. The molecule has 196 valence electrons. The van der Waals surface area contributed by atoms with E-state index in [9.17, 15) is 22.0 Å². The molecule has 5 rings (SSSR count). The van der Waals surface area contributed by atoms with E-state index in [2.05, 4.69) is 25.1 Å². The first-order valence-electron chi connectivity index (χ1n) is 11.3. The lowest BCUT2D eigenvalue weighted by Gasteiger charge is -2.21. The standard InChI is InChI=1S/C24H20F5N9/c1-12(30)21(14-2-4-17(22(25)26)32-9-14)37-11-16(10-34-37)15-6-18(38-20(7-15)35-23(31)36-38)13-3-5-19(33-8-13)24(27,28)29/h2-12,21-22H,30H2,1H3,(H2,31,36). The summed E-state index contributed by atoms with van der Waals surface area (Å²) in [5, 5.41) is 8.58. The average molecular weight is 529 g/mol. The Labute approximate surface area is 212 Å². The molecule has 14 heteroatoms. The summed E-state index contributed by atoms with van der Waals surface area (Å²) in [4.78, 5) is 11.6. The average Bonchev–Trinajstić information content (AvgIpc) is 3.49. The minimum Gasteiger partial charge on any atom is -0.366 e. The van der Waals surface area contributed by atoms with Crippen LogP contribution in [0.3, 0.4) is 0 Å². The van der Waals surface area contributed by atoms with Crippen LogP contribution in [0, 0.1) is 0 Å². The van der Waals surface area contributed by atoms with Gasteiger partial charge in [0, 0.05) is 35.8 Å². The molecule has 0 saturated heterocycles. The van der Waals surface area contributed by atoms with Crippen molar-refractivity contribution in [3.8, 4) is 22.4 Å². The van der Waals surface area contributed by atoms with Crippen LogP contribution in [0.2, 0.25) is 0 Å². The normalized spacial score (nSPS) is 13.8. The van der Waals surface area contributed by atoms with E-state index in [0.29, 0.717) is 33.6 Å². The summed E-state index contributed by atoms with van der Waals surface area (Å²) in [6.45, 7) is 1.76. The van der Waals surface area contributed by atoms with E-state index in [-0.39, 0.29) is 11.6 Å². The van der Waals surface area contributed by atoms with Crippen LogP contribution in [-0.4, -0.2) is 40.4 Å². The number of rotatable bonds is 6. The topological polar surface area (TPSA) is 126 Å². The van der Waals surface area contributed by atoms with Crippen molar-refractivity contribution in [1.82, 2.24) is 34.3 Å². The third-order valence-corrected chi connectivity index (χ3v) is 5.90. The number of anilines is 1. The molecule has 38 heavy (non-hydrogen) atoms. The summed E-state index contributed by atoms with van der Waals surface area (Å²) in [6, 6.07) is 7.39. The van der Waals surface area contributed by atoms with Gasteiger partial charge in [-0.05, 0) is 48.4 Å². The number of aromatic nitrogens is 7. The second-order valence-corrected chi connectivity index (χ2v) is 8.63. The van der Waals surface area contributed by atoms with Crippen molar-refractivity contribution < 1.29 is 22.0 Å². The Hall–Kier alpha value is -4.46. The number of alkyl halides is 5. The predicted octanol–water partition coefficient (Wildman–Crippen LogP) is 4.53. The van der Waals surface area contributed by atoms with Gasteiger partial charge in [0.2, 0.25) is 5.95 Å². The molecule has 5 aromatic rings. The van der Waals surface area contributed by atoms with Crippen LogP contribution >= 0.6 is 0 Å². The SMILES string of the molecule is CC(N)C(c1ccc(C(F)F)nc1)n1cc(-c2cc(-c3ccc(C(F)(F)F)nc3)n3nc(N)nc3c2)cn1. The summed E-state index contributed by atoms with van der Waals surface area (Å²) in [5.41, 5.74) is 13.6. The Kier molecular flexibility index (Phi) is 6.26. The molecule has 0 radical (unpaired) electrons. The Balaban J connectivity index is 1.55. The van der Waals surface area contributed by atoms with Gasteiger partial charge in [-0.3, -0.25) is 14.6 Å². The van der Waals surface area contributed by atoms with E-state index in [1.807, 2.05) is 0 Å². The molecular weight excluding hydrogens is 509 g/mol. The van der Waals surface area contributed by atoms with E-state index in [0.717, 1.165) is 12.3 Å². The molecule has 0 aliphatic rings. The number of fused-ring (bicyclic) bond motifs is 1. The molecule has 4 N–H and O–H groups in total. The number of pyridine rings is 3. The number of nitrogen functional groups attached to an aromatic ring is 1. The lowest BCUT2D eigenvalue weighted by molar-refractivity contribution is -0.141. The molecule has 2 atom stereocenters. The number of hydrogen-bond donors (Lipinski definition) is 2. The lowest BCUT2D eigenvalue weighted by atomic mass is 10.0. The van der Waals surface area contributed by atoms with Crippen molar-refractivity contribution in [2.45, 2.75) is 31.6 Å². The predicted molar refractivity (Wildman–Crippen MR) is 128 cm³/mol. The molecular formula is C24H20F5N9. The largest absolute Gasteiger partial charge is 0.433 e. The van der Waals surface area contributed by atoms with Crippen molar-refractivity contribution >= 4 is 11.6 Å². The molecule has 0 amide bonds. The van der Waals surface area contributed by atoms with Crippen LogP contribution < -0.4 is 11.5 Å². The van der Waals surface area contributed by atoms with Gasteiger partial charge >= 0.3 is 6.18 Å². The first kappa shape index (κ1) is 25.2. The fourth-order valence-electron chi connectivity index (χ4n) is 4.14. The quantitative estimate of drug-likeness (QED) is 0.310. The maximum Gasteiger partial charge on any atom is 0.433 e. The number of hydrogen-bond acceptors (Lipinski definition) is 7. The van der Waals surface area contributed by atoms with E-state index in [1.165, 1.54) is 28.9 Å². The van der Waals surface area contributed by atoms with Gasteiger partial charge in [-0.1, -0.05) is 6.07 Å². The van der Waals surface area contributed by atoms with E-state index in [1.54, 1.807) is 36.1 Å². The molecule has 0 aromatic carbocycles. The highest BCUT2D eigenvalue weighted by Gasteiger charge is 2.32. The van der Waals surface area contributed by atoms with E-state index in [4.69, 9.17) is 11.5 Å². The zero-order chi connectivity index (χ0) is 27.2. The van der Waals surface area contributed by atoms with Gasteiger partial charge < -0.3 is 11.5 Å². The number of nitrogens with zero attached hydrogens (tertiary/aromatic N) is 7. The molecule has 0 spiro atoms. The van der Waals surface area contributed by atoms with Crippen LogP contribution in [0.4, 0.5) is 27.9 Å². The van der Waals surface area contributed by atoms with Crippen molar-refractivity contribution in [3.05, 3.63) is 78.1 Å². The Morgan fingerprint density at radius 3 is 2.32 bits per heavy atom. The fourth-order valence-corrected chi connectivity index (χ4v) is 4.14. The number of nitrogens with two attached hydrogens (primary N) is 2. The van der Waals surface area contributed by atoms with Crippen molar-refractivity contribution in [2.24, 2.45) is 5.73 Å². The van der Waals surface area contributed by atoms with Crippen LogP contribution in [0.5, 0.6) is 0 Å². The van der Waals surface area contributed by atoms with E-state index < -0.39 is 30.4 Å². The van der Waals surface area contributed by atoms with Crippen molar-refractivity contribution in [2.75, 3.05) is 5.73 Å². The molecule has 0 aliphatic carbocycles. The smallest absolute Gasteiger partial charge is 0.366 e. The molecule has 9 nitrogen and oxygen atoms in total. The van der Waals surface area contributed by atoms with Gasteiger partial charge in [-0.25, -0.2) is 13.3 Å². The van der Waals surface area contributed by atoms with Crippen molar-refractivity contribution in [3.63, 3.8) is 0 Å². The zero-order valence-electron chi connectivity index (χ0n) is 19.7. The van der Waals surface area contributed by atoms with E-state index >= 15 is 0 Å². The summed E-state index contributed by atoms with van der Waals surface area (Å²) < 4.78 is 67.9. The van der Waals surface area contributed by atoms with Crippen LogP contribution in [0.1, 0.15) is 36.3 Å². The van der Waals surface area contributed by atoms with Gasteiger partial charge in [0.25, 0.3) is 6.43 Å². The Morgan fingerprint density at radius 2 is 1.71 bits per heavy atom. The highest BCUT2D eigenvalue weighted by atomic mass is 19.4. The Bertz CT molecular complexity index is 1570. The Morgan fingerprint density at radius 1 is 0.921 bits per heavy atom. The van der Waals surface area contributed by atoms with Crippen LogP contribution in [0.15, 0.2) is 61.2 Å². The summed E-state index contributed by atoms with van der Waals surface area (Å²) in [6.07, 6.45) is -1.52.